The van der Waals surface area contributed by atoms with Gasteiger partial charge < -0.3 is 4.90 Å². The van der Waals surface area contributed by atoms with Gasteiger partial charge >= 0.3 is 0 Å². The van der Waals surface area contributed by atoms with Gasteiger partial charge in [0, 0.05) is 24.5 Å². The minimum absolute atomic E-state index is 0.0213. The van der Waals surface area contributed by atoms with Crippen LogP contribution in [0, 0.1) is 0 Å². The summed E-state index contributed by atoms with van der Waals surface area (Å²) >= 11 is 0.568. The topological polar surface area (TPSA) is 23.6 Å². The molecule has 132 valence electrons. The van der Waals surface area contributed by atoms with E-state index in [0.717, 1.165) is 57.3 Å². The molecule has 0 aromatic heterocycles. The van der Waals surface area contributed by atoms with Gasteiger partial charge in [0.2, 0.25) is 5.91 Å². The zero-order chi connectivity index (χ0) is 16.9. The van der Waals surface area contributed by atoms with Crippen molar-refractivity contribution < 1.29 is 13.6 Å². The van der Waals surface area contributed by atoms with Gasteiger partial charge in [-0.2, -0.15) is 8.78 Å². The maximum Gasteiger partial charge on any atom is 0.288 e. The Hall–Kier alpha value is -1.14. The minimum Gasteiger partial charge on any atom is -0.341 e. The fraction of sp³-hybridized carbons (Fsp3) is 0.611. The molecule has 2 aliphatic heterocycles. The van der Waals surface area contributed by atoms with E-state index in [9.17, 15) is 13.6 Å². The fourth-order valence-corrected chi connectivity index (χ4v) is 4.12. The Balaban J connectivity index is 1.63. The smallest absolute Gasteiger partial charge is 0.288 e. The van der Waals surface area contributed by atoms with Crippen LogP contribution < -0.4 is 0 Å². The van der Waals surface area contributed by atoms with Crippen LogP contribution >= 0.6 is 11.8 Å². The lowest BCUT2D eigenvalue weighted by atomic mass is 10.00. The van der Waals surface area contributed by atoms with Gasteiger partial charge in [-0.1, -0.05) is 30.3 Å². The summed E-state index contributed by atoms with van der Waals surface area (Å²) in [4.78, 5) is 17.6. The molecular formula is C18H24F2N2OS. The van der Waals surface area contributed by atoms with Gasteiger partial charge in [0.1, 0.15) is 0 Å². The second-order valence-electron chi connectivity index (χ2n) is 6.54. The molecule has 1 aromatic carbocycles. The third-order valence-electron chi connectivity index (χ3n) is 4.85. The Labute approximate surface area is 146 Å². The van der Waals surface area contributed by atoms with Crippen molar-refractivity contribution in [2.75, 3.05) is 19.6 Å². The Morgan fingerprint density at radius 2 is 1.75 bits per heavy atom. The Bertz CT molecular complexity index is 546. The molecule has 1 unspecified atom stereocenters. The monoisotopic (exact) mass is 354 g/mol. The standard InChI is InChI=1S/C18H24F2N2OS/c19-18(20)24-15-8-6-14(7-9-15)13-22-12-2-1-5-16(22)17(23)21-10-3-4-11-21/h6-9,16,18H,1-5,10-13H2. The first-order chi connectivity index (χ1) is 11.6. The van der Waals surface area contributed by atoms with E-state index < -0.39 is 5.76 Å². The largest absolute Gasteiger partial charge is 0.341 e. The van der Waals surface area contributed by atoms with E-state index in [1.54, 1.807) is 12.1 Å². The second-order valence-corrected chi connectivity index (χ2v) is 7.60. The van der Waals surface area contributed by atoms with Crippen LogP contribution in [0.1, 0.15) is 37.7 Å². The number of likely N-dealkylation sites (tertiary alicyclic amines) is 2. The summed E-state index contributed by atoms with van der Waals surface area (Å²) in [7, 11) is 0. The first kappa shape index (κ1) is 17.7. The van der Waals surface area contributed by atoms with E-state index in [1.165, 1.54) is 0 Å². The third kappa shape index (κ3) is 4.48. The second kappa shape index (κ2) is 8.30. The number of carbonyl (C=O) groups excluding carboxylic acids is 1. The Kier molecular flexibility index (Phi) is 6.11. The van der Waals surface area contributed by atoms with Gasteiger partial charge in [0.05, 0.1) is 6.04 Å². The van der Waals surface area contributed by atoms with Crippen LogP contribution in [0.4, 0.5) is 8.78 Å². The average Bonchev–Trinajstić information content (AvgIpc) is 3.11. The Morgan fingerprint density at radius 3 is 2.42 bits per heavy atom. The van der Waals surface area contributed by atoms with Crippen molar-refractivity contribution in [2.24, 2.45) is 0 Å². The summed E-state index contributed by atoms with van der Waals surface area (Å²) in [6.45, 7) is 3.42. The van der Waals surface area contributed by atoms with E-state index in [2.05, 4.69) is 4.90 Å². The van der Waals surface area contributed by atoms with Crippen molar-refractivity contribution in [1.82, 2.24) is 9.80 Å². The number of hydrogen-bond acceptors (Lipinski definition) is 3. The molecule has 2 aliphatic rings. The van der Waals surface area contributed by atoms with Crippen molar-refractivity contribution in [1.29, 1.82) is 0 Å². The number of thioether (sulfide) groups is 1. The normalized spacial score (nSPS) is 22.3. The molecule has 6 heteroatoms. The van der Waals surface area contributed by atoms with Crippen LogP contribution in [0.25, 0.3) is 0 Å². The van der Waals surface area contributed by atoms with Crippen molar-refractivity contribution in [3.8, 4) is 0 Å². The zero-order valence-corrected chi connectivity index (χ0v) is 14.6. The minimum atomic E-state index is -2.39. The highest BCUT2D eigenvalue weighted by atomic mass is 32.2. The maximum absolute atomic E-state index is 12.8. The van der Waals surface area contributed by atoms with E-state index >= 15 is 0 Å². The number of piperidine rings is 1. The molecule has 1 amide bonds. The molecule has 2 saturated heterocycles. The van der Waals surface area contributed by atoms with Gasteiger partial charge in [0.25, 0.3) is 5.76 Å². The van der Waals surface area contributed by atoms with Crippen LogP contribution in [0.15, 0.2) is 29.2 Å². The van der Waals surface area contributed by atoms with E-state index in [1.807, 2.05) is 17.0 Å². The molecule has 3 rings (SSSR count). The van der Waals surface area contributed by atoms with Crippen molar-refractivity contribution in [2.45, 2.75) is 55.3 Å². The first-order valence-electron chi connectivity index (χ1n) is 8.70. The van der Waals surface area contributed by atoms with Crippen molar-refractivity contribution in [3.63, 3.8) is 0 Å². The Morgan fingerprint density at radius 1 is 1.08 bits per heavy atom. The number of nitrogens with zero attached hydrogens (tertiary/aromatic N) is 2. The van der Waals surface area contributed by atoms with Gasteiger partial charge in [-0.05, 0) is 49.9 Å². The number of alkyl halides is 2. The molecule has 0 aliphatic carbocycles. The summed E-state index contributed by atoms with van der Waals surface area (Å²) < 4.78 is 24.8. The predicted molar refractivity (Wildman–Crippen MR) is 92.2 cm³/mol. The van der Waals surface area contributed by atoms with Crippen LogP contribution in [-0.4, -0.2) is 47.1 Å². The van der Waals surface area contributed by atoms with Gasteiger partial charge in [-0.15, -0.1) is 0 Å². The summed E-state index contributed by atoms with van der Waals surface area (Å²) in [6, 6.07) is 7.26. The number of benzene rings is 1. The molecule has 0 bridgehead atoms. The van der Waals surface area contributed by atoms with Crippen LogP contribution in [0.5, 0.6) is 0 Å². The van der Waals surface area contributed by atoms with Gasteiger partial charge in [0.15, 0.2) is 0 Å². The maximum atomic E-state index is 12.8. The number of rotatable bonds is 5. The molecule has 0 spiro atoms. The molecule has 0 radical (unpaired) electrons. The SMILES string of the molecule is O=C(C1CCCCN1Cc1ccc(SC(F)F)cc1)N1CCCC1. The molecule has 24 heavy (non-hydrogen) atoms. The van der Waals surface area contributed by atoms with E-state index in [0.29, 0.717) is 23.2 Å². The molecular weight excluding hydrogens is 330 g/mol. The van der Waals surface area contributed by atoms with Crippen molar-refractivity contribution >= 4 is 17.7 Å². The van der Waals surface area contributed by atoms with E-state index in [-0.39, 0.29) is 11.9 Å². The highest BCUT2D eigenvalue weighted by molar-refractivity contribution is 7.99. The average molecular weight is 354 g/mol. The molecule has 0 saturated carbocycles. The lowest BCUT2D eigenvalue weighted by Crippen LogP contribution is -2.49. The van der Waals surface area contributed by atoms with Gasteiger partial charge in [-0.25, -0.2) is 0 Å². The molecule has 3 nitrogen and oxygen atoms in total. The molecule has 2 fully saturated rings. The summed E-state index contributed by atoms with van der Waals surface area (Å²) in [6.07, 6.45) is 5.37. The molecule has 1 atom stereocenters. The van der Waals surface area contributed by atoms with Gasteiger partial charge in [-0.3, -0.25) is 9.69 Å². The van der Waals surface area contributed by atoms with Crippen LogP contribution in [-0.2, 0) is 11.3 Å². The highest BCUT2D eigenvalue weighted by Gasteiger charge is 2.32. The summed E-state index contributed by atoms with van der Waals surface area (Å²) in [5.74, 6) is -2.11. The first-order valence-corrected chi connectivity index (χ1v) is 9.58. The summed E-state index contributed by atoms with van der Waals surface area (Å²) in [5.41, 5.74) is 1.08. The predicted octanol–water partition coefficient (Wildman–Crippen LogP) is 3.98. The van der Waals surface area contributed by atoms with E-state index in [4.69, 9.17) is 0 Å². The highest BCUT2D eigenvalue weighted by Crippen LogP contribution is 2.27. The summed E-state index contributed by atoms with van der Waals surface area (Å²) in [5, 5.41) is 0. The quantitative estimate of drug-likeness (QED) is 0.748. The zero-order valence-electron chi connectivity index (χ0n) is 13.8. The van der Waals surface area contributed by atoms with Crippen molar-refractivity contribution in [3.05, 3.63) is 29.8 Å². The molecule has 2 heterocycles. The lowest BCUT2D eigenvalue weighted by Gasteiger charge is -2.36. The third-order valence-corrected chi connectivity index (χ3v) is 5.57. The lowest BCUT2D eigenvalue weighted by molar-refractivity contribution is -0.137. The fourth-order valence-electron chi connectivity index (χ4n) is 3.62. The number of halogens is 2. The number of amides is 1. The molecule has 0 N–H and O–H groups in total. The number of carbonyl (C=O) groups is 1. The van der Waals surface area contributed by atoms with Crippen LogP contribution in [0.2, 0.25) is 0 Å². The molecule has 1 aromatic rings. The number of hydrogen-bond donors (Lipinski definition) is 0. The van der Waals surface area contributed by atoms with Crippen LogP contribution in [0.3, 0.4) is 0 Å².